The summed E-state index contributed by atoms with van der Waals surface area (Å²) in [5.74, 6) is -4.53. The zero-order valence-electron chi connectivity index (χ0n) is 13.8. The second-order valence-corrected chi connectivity index (χ2v) is 4.85. The first kappa shape index (κ1) is 19.0. The van der Waals surface area contributed by atoms with Gasteiger partial charge in [-0.2, -0.15) is 0 Å². The van der Waals surface area contributed by atoms with E-state index in [9.17, 15) is 24.0 Å². The molecule has 0 unspecified atom stereocenters. The zero-order valence-corrected chi connectivity index (χ0v) is 13.8. The molecule has 0 aliphatic rings. The molecule has 0 amide bonds. The Bertz CT molecular complexity index is 693. The predicted octanol–water partition coefficient (Wildman–Crippen LogP) is 1.87. The number of hydrogen-bond acceptors (Lipinski definition) is 8. The Hall–Kier alpha value is -3.03. The molecule has 0 aromatic heterocycles. The van der Waals surface area contributed by atoms with Crippen molar-refractivity contribution in [1.82, 2.24) is 0 Å². The maximum absolute atomic E-state index is 12.0. The summed E-state index contributed by atoms with van der Waals surface area (Å²) >= 11 is 0. The van der Waals surface area contributed by atoms with Crippen molar-refractivity contribution in [3.8, 4) is 17.2 Å². The summed E-state index contributed by atoms with van der Waals surface area (Å²) in [6.07, 6.45) is 0. The van der Waals surface area contributed by atoms with E-state index in [2.05, 4.69) is 0 Å². The summed E-state index contributed by atoms with van der Waals surface area (Å²) in [4.78, 5) is 57.8. The second kappa shape index (κ2) is 7.49. The van der Waals surface area contributed by atoms with Crippen molar-refractivity contribution in [1.29, 1.82) is 0 Å². The van der Waals surface area contributed by atoms with Crippen LogP contribution >= 0.6 is 0 Å². The lowest BCUT2D eigenvalue weighted by Gasteiger charge is -2.17. The first-order chi connectivity index (χ1) is 11.0. The van der Waals surface area contributed by atoms with E-state index in [1.54, 1.807) is 0 Å². The van der Waals surface area contributed by atoms with Gasteiger partial charge in [0, 0.05) is 26.8 Å². The van der Waals surface area contributed by atoms with E-state index < -0.39 is 35.2 Å². The Kier molecular flexibility index (Phi) is 5.94. The highest BCUT2D eigenvalue weighted by Gasteiger charge is 2.29. The third-order valence-electron chi connectivity index (χ3n) is 2.67. The number of carbonyl (C=O) groups is 5. The molecule has 0 heterocycles. The van der Waals surface area contributed by atoms with Gasteiger partial charge in [-0.1, -0.05) is 0 Å². The molecule has 0 spiro atoms. The lowest BCUT2D eigenvalue weighted by atomic mass is 10.0. The Balaban J connectivity index is 3.88. The van der Waals surface area contributed by atoms with Crippen LogP contribution in [-0.4, -0.2) is 29.5 Å². The smallest absolute Gasteiger partial charge is 0.308 e. The minimum atomic E-state index is -0.811. The monoisotopic (exact) mass is 336 g/mol. The maximum Gasteiger partial charge on any atom is 0.308 e. The molecule has 24 heavy (non-hydrogen) atoms. The van der Waals surface area contributed by atoms with Crippen LogP contribution in [0.4, 0.5) is 0 Å². The predicted molar refractivity (Wildman–Crippen MR) is 80.4 cm³/mol. The molecule has 0 fully saturated rings. The molecule has 0 radical (unpaired) electrons. The van der Waals surface area contributed by atoms with Gasteiger partial charge in [-0.05, 0) is 13.8 Å². The number of Topliss-reactive ketones (excluding diaryl/α,β-unsaturated/α-hetero) is 2. The number of esters is 3. The number of benzene rings is 1. The summed E-state index contributed by atoms with van der Waals surface area (Å²) in [6.45, 7) is 5.55. The fraction of sp³-hybridized carbons (Fsp3) is 0.312. The largest absolute Gasteiger partial charge is 0.426 e. The average molecular weight is 336 g/mol. The van der Waals surface area contributed by atoms with Crippen molar-refractivity contribution in [2.24, 2.45) is 0 Å². The van der Waals surface area contributed by atoms with Gasteiger partial charge >= 0.3 is 17.9 Å². The first-order valence-electron chi connectivity index (χ1n) is 6.82. The zero-order chi connectivity index (χ0) is 18.6. The van der Waals surface area contributed by atoms with Gasteiger partial charge < -0.3 is 14.2 Å². The van der Waals surface area contributed by atoms with Gasteiger partial charge in [0.2, 0.25) is 0 Å². The Labute approximate surface area is 137 Å². The van der Waals surface area contributed by atoms with Crippen molar-refractivity contribution < 1.29 is 38.2 Å². The van der Waals surface area contributed by atoms with Gasteiger partial charge in [0.25, 0.3) is 0 Å². The van der Waals surface area contributed by atoms with Gasteiger partial charge in [0.15, 0.2) is 17.3 Å². The van der Waals surface area contributed by atoms with Gasteiger partial charge in [-0.15, -0.1) is 0 Å². The Morgan fingerprint density at radius 3 is 1.21 bits per heavy atom. The molecule has 128 valence electrons. The van der Waals surface area contributed by atoms with Gasteiger partial charge in [0.05, 0.1) is 0 Å². The molecule has 8 heteroatoms. The van der Waals surface area contributed by atoms with Crippen LogP contribution in [-0.2, 0) is 14.4 Å². The van der Waals surface area contributed by atoms with Crippen molar-refractivity contribution >= 4 is 29.5 Å². The fourth-order valence-corrected chi connectivity index (χ4v) is 2.00. The minimum Gasteiger partial charge on any atom is -0.426 e. The lowest BCUT2D eigenvalue weighted by molar-refractivity contribution is -0.132. The third kappa shape index (κ3) is 4.48. The summed E-state index contributed by atoms with van der Waals surface area (Å²) in [7, 11) is 0. The molecular formula is C16H16O8. The average Bonchev–Trinajstić information content (AvgIpc) is 2.34. The summed E-state index contributed by atoms with van der Waals surface area (Å²) in [6, 6.07) is 1.06. The van der Waals surface area contributed by atoms with Gasteiger partial charge in [-0.3, -0.25) is 24.0 Å². The molecule has 0 N–H and O–H groups in total. The summed E-state index contributed by atoms with van der Waals surface area (Å²) < 4.78 is 14.8. The standard InChI is InChI=1S/C16H16O8/c1-7(17)14-12(22-9(3)19)6-13(23-10(4)20)15(8(2)18)16(14)24-11(5)21/h6H,1-5H3. The van der Waals surface area contributed by atoms with Crippen LogP contribution in [0.1, 0.15) is 55.3 Å². The lowest BCUT2D eigenvalue weighted by Crippen LogP contribution is -2.16. The van der Waals surface area contributed by atoms with Crippen LogP contribution in [0.15, 0.2) is 6.07 Å². The van der Waals surface area contributed by atoms with Gasteiger partial charge in [0.1, 0.15) is 22.6 Å². The summed E-state index contributed by atoms with van der Waals surface area (Å²) in [5.41, 5.74) is -0.553. The molecule has 0 atom stereocenters. The van der Waals surface area contributed by atoms with Crippen LogP contribution in [0.5, 0.6) is 17.2 Å². The van der Waals surface area contributed by atoms with Crippen LogP contribution in [0.3, 0.4) is 0 Å². The molecule has 1 rings (SSSR count). The van der Waals surface area contributed by atoms with E-state index in [0.29, 0.717) is 0 Å². The number of hydrogen-bond donors (Lipinski definition) is 0. The fourth-order valence-electron chi connectivity index (χ4n) is 2.00. The van der Waals surface area contributed by atoms with Crippen molar-refractivity contribution in [2.45, 2.75) is 34.6 Å². The van der Waals surface area contributed by atoms with E-state index >= 15 is 0 Å². The number of ketones is 2. The number of rotatable bonds is 5. The summed E-state index contributed by atoms with van der Waals surface area (Å²) in [5, 5.41) is 0. The minimum absolute atomic E-state index is 0.276. The molecule has 0 saturated heterocycles. The normalized spacial score (nSPS) is 9.88. The molecule has 1 aromatic rings. The molecule has 1 aromatic carbocycles. The topological polar surface area (TPSA) is 113 Å². The second-order valence-electron chi connectivity index (χ2n) is 4.85. The van der Waals surface area contributed by atoms with Crippen LogP contribution in [0.25, 0.3) is 0 Å². The molecule has 8 nitrogen and oxygen atoms in total. The maximum atomic E-state index is 12.0. The van der Waals surface area contributed by atoms with Crippen molar-refractivity contribution in [3.63, 3.8) is 0 Å². The van der Waals surface area contributed by atoms with E-state index in [0.717, 1.165) is 40.7 Å². The first-order valence-corrected chi connectivity index (χ1v) is 6.82. The molecule has 0 aliphatic heterocycles. The van der Waals surface area contributed by atoms with Crippen LogP contribution < -0.4 is 14.2 Å². The quantitative estimate of drug-likeness (QED) is 0.455. The van der Waals surface area contributed by atoms with E-state index in [1.807, 2.05) is 0 Å². The van der Waals surface area contributed by atoms with E-state index in [1.165, 1.54) is 0 Å². The Morgan fingerprint density at radius 2 is 0.958 bits per heavy atom. The van der Waals surface area contributed by atoms with Crippen molar-refractivity contribution in [2.75, 3.05) is 0 Å². The highest BCUT2D eigenvalue weighted by molar-refractivity contribution is 6.09. The molecule has 0 saturated carbocycles. The highest BCUT2D eigenvalue weighted by Crippen LogP contribution is 2.40. The highest BCUT2D eigenvalue weighted by atomic mass is 16.6. The molecule has 0 bridgehead atoms. The molecule has 0 aliphatic carbocycles. The Morgan fingerprint density at radius 1 is 0.625 bits per heavy atom. The van der Waals surface area contributed by atoms with E-state index in [-0.39, 0.29) is 22.6 Å². The SMILES string of the molecule is CC(=O)Oc1cc(OC(C)=O)c(C(C)=O)c(OC(C)=O)c1C(C)=O. The number of carbonyl (C=O) groups excluding carboxylic acids is 5. The van der Waals surface area contributed by atoms with Crippen LogP contribution in [0.2, 0.25) is 0 Å². The van der Waals surface area contributed by atoms with Crippen molar-refractivity contribution in [3.05, 3.63) is 17.2 Å². The van der Waals surface area contributed by atoms with Gasteiger partial charge in [-0.25, -0.2) is 0 Å². The number of ether oxygens (including phenoxy) is 3. The third-order valence-corrected chi connectivity index (χ3v) is 2.67. The van der Waals surface area contributed by atoms with Crippen LogP contribution in [0, 0.1) is 0 Å². The van der Waals surface area contributed by atoms with E-state index in [4.69, 9.17) is 14.2 Å². The molecular weight excluding hydrogens is 320 g/mol.